The lowest BCUT2D eigenvalue weighted by atomic mass is 9.95. The number of aromatic amines is 1. The van der Waals surface area contributed by atoms with Gasteiger partial charge in [-0.2, -0.15) is 5.21 Å². The molecule has 156 valence electrons. The number of nitrogens with zero attached hydrogens (tertiary/aromatic N) is 4. The van der Waals surface area contributed by atoms with Crippen LogP contribution in [0.4, 0.5) is 0 Å². The molecule has 0 aliphatic carbocycles. The SMILES string of the molecule is CCCCc1ccc2n1C(c1ccc(-c3ccccc3-c3nn[nH]n3)cc1)CCC=C2. The van der Waals surface area contributed by atoms with E-state index in [0.29, 0.717) is 11.9 Å². The summed E-state index contributed by atoms with van der Waals surface area (Å²) in [5.41, 5.74) is 7.38. The average molecular weight is 410 g/mol. The molecular formula is C26H27N5. The highest BCUT2D eigenvalue weighted by Crippen LogP contribution is 2.34. The van der Waals surface area contributed by atoms with Gasteiger partial charge < -0.3 is 4.57 Å². The summed E-state index contributed by atoms with van der Waals surface area (Å²) in [6, 6.07) is 22.2. The van der Waals surface area contributed by atoms with Crippen LogP contribution in [0.15, 0.2) is 66.7 Å². The van der Waals surface area contributed by atoms with E-state index in [1.165, 1.54) is 29.8 Å². The van der Waals surface area contributed by atoms with E-state index in [1.54, 1.807) is 0 Å². The van der Waals surface area contributed by atoms with Crippen molar-refractivity contribution in [3.63, 3.8) is 0 Å². The van der Waals surface area contributed by atoms with Gasteiger partial charge in [-0.05, 0) is 65.8 Å². The Balaban J connectivity index is 1.49. The lowest BCUT2D eigenvalue weighted by Crippen LogP contribution is -2.14. The molecule has 1 atom stereocenters. The topological polar surface area (TPSA) is 59.4 Å². The maximum atomic E-state index is 4.17. The van der Waals surface area contributed by atoms with Crippen molar-refractivity contribution in [2.24, 2.45) is 0 Å². The summed E-state index contributed by atoms with van der Waals surface area (Å²) in [4.78, 5) is 0. The third-order valence-electron chi connectivity index (χ3n) is 6.15. The second kappa shape index (κ2) is 8.72. The number of unbranched alkanes of at least 4 members (excludes halogenated alkanes) is 1. The molecule has 0 fully saturated rings. The fourth-order valence-electron chi connectivity index (χ4n) is 4.58. The number of hydrogen-bond acceptors (Lipinski definition) is 3. The van der Waals surface area contributed by atoms with Crippen LogP contribution in [-0.4, -0.2) is 25.2 Å². The van der Waals surface area contributed by atoms with Crippen molar-refractivity contribution in [3.8, 4) is 22.5 Å². The summed E-state index contributed by atoms with van der Waals surface area (Å²) >= 11 is 0. The van der Waals surface area contributed by atoms with E-state index in [4.69, 9.17) is 0 Å². The second-order valence-electron chi connectivity index (χ2n) is 8.12. The van der Waals surface area contributed by atoms with E-state index in [-0.39, 0.29) is 0 Å². The van der Waals surface area contributed by atoms with Crippen LogP contribution >= 0.6 is 0 Å². The van der Waals surface area contributed by atoms with Gasteiger partial charge in [0.2, 0.25) is 5.82 Å². The van der Waals surface area contributed by atoms with Gasteiger partial charge in [-0.15, -0.1) is 10.2 Å². The third kappa shape index (κ3) is 3.83. The Morgan fingerprint density at radius 2 is 1.84 bits per heavy atom. The lowest BCUT2D eigenvalue weighted by Gasteiger charge is -2.23. The summed E-state index contributed by atoms with van der Waals surface area (Å²) in [5, 5.41) is 14.6. The minimum absolute atomic E-state index is 0.369. The minimum atomic E-state index is 0.369. The minimum Gasteiger partial charge on any atom is -0.338 e. The van der Waals surface area contributed by atoms with Gasteiger partial charge in [0.05, 0.1) is 6.04 Å². The normalized spacial score (nSPS) is 15.6. The predicted octanol–water partition coefficient (Wildman–Crippen LogP) is 6.07. The lowest BCUT2D eigenvalue weighted by molar-refractivity contribution is 0.527. The highest BCUT2D eigenvalue weighted by atomic mass is 15.5. The number of aryl methyl sites for hydroxylation is 1. The van der Waals surface area contributed by atoms with Gasteiger partial charge in [0.1, 0.15) is 0 Å². The fourth-order valence-corrected chi connectivity index (χ4v) is 4.58. The van der Waals surface area contributed by atoms with E-state index in [0.717, 1.165) is 36.0 Å². The van der Waals surface area contributed by atoms with Crippen LogP contribution in [0.3, 0.4) is 0 Å². The number of benzene rings is 2. The number of hydrogen-bond donors (Lipinski definition) is 1. The number of allylic oxidation sites excluding steroid dienone is 1. The van der Waals surface area contributed by atoms with Crippen LogP contribution in [0, 0.1) is 0 Å². The van der Waals surface area contributed by atoms with E-state index in [1.807, 2.05) is 12.1 Å². The maximum Gasteiger partial charge on any atom is 0.205 e. The van der Waals surface area contributed by atoms with Crippen molar-refractivity contribution in [2.75, 3.05) is 0 Å². The van der Waals surface area contributed by atoms with E-state index in [9.17, 15) is 0 Å². The van der Waals surface area contributed by atoms with Crippen molar-refractivity contribution in [3.05, 3.63) is 83.7 Å². The Hall–Kier alpha value is -3.47. The third-order valence-corrected chi connectivity index (χ3v) is 6.15. The monoisotopic (exact) mass is 409 g/mol. The van der Waals surface area contributed by atoms with Gasteiger partial charge in [-0.25, -0.2) is 0 Å². The van der Waals surface area contributed by atoms with Gasteiger partial charge in [0.25, 0.3) is 0 Å². The quantitative estimate of drug-likeness (QED) is 0.420. The molecule has 0 bridgehead atoms. The zero-order valence-electron chi connectivity index (χ0n) is 17.8. The molecule has 1 unspecified atom stereocenters. The summed E-state index contributed by atoms with van der Waals surface area (Å²) in [5.74, 6) is 0.618. The number of nitrogens with one attached hydrogen (secondary N) is 1. The molecule has 1 N–H and O–H groups in total. The van der Waals surface area contributed by atoms with Crippen molar-refractivity contribution < 1.29 is 0 Å². The molecule has 5 rings (SSSR count). The fraction of sp³-hybridized carbons (Fsp3) is 0.269. The first-order valence-electron chi connectivity index (χ1n) is 11.1. The van der Waals surface area contributed by atoms with Crippen molar-refractivity contribution in [1.82, 2.24) is 25.2 Å². The summed E-state index contributed by atoms with van der Waals surface area (Å²) < 4.78 is 2.56. The average Bonchev–Trinajstić information content (AvgIpc) is 3.44. The van der Waals surface area contributed by atoms with Crippen LogP contribution in [0.2, 0.25) is 0 Å². The van der Waals surface area contributed by atoms with E-state index in [2.05, 4.69) is 92.8 Å². The molecule has 2 aromatic heterocycles. The summed E-state index contributed by atoms with van der Waals surface area (Å²) in [6.07, 6.45) is 10.4. The number of tetrazole rings is 1. The Kier molecular flexibility index (Phi) is 5.48. The Morgan fingerprint density at radius 3 is 2.61 bits per heavy atom. The van der Waals surface area contributed by atoms with E-state index >= 15 is 0 Å². The van der Waals surface area contributed by atoms with Gasteiger partial charge in [-0.3, -0.25) is 0 Å². The van der Waals surface area contributed by atoms with Crippen LogP contribution in [0.5, 0.6) is 0 Å². The van der Waals surface area contributed by atoms with Crippen LogP contribution in [-0.2, 0) is 6.42 Å². The van der Waals surface area contributed by atoms with Crippen LogP contribution < -0.4 is 0 Å². The van der Waals surface area contributed by atoms with Crippen molar-refractivity contribution in [2.45, 2.75) is 45.1 Å². The van der Waals surface area contributed by atoms with Crippen LogP contribution in [0.25, 0.3) is 28.6 Å². The molecule has 0 saturated heterocycles. The Bertz CT molecular complexity index is 1170. The number of H-pyrrole nitrogens is 1. The first-order chi connectivity index (χ1) is 15.3. The van der Waals surface area contributed by atoms with Gasteiger partial charge in [-0.1, -0.05) is 68.0 Å². The molecule has 5 heteroatoms. The number of rotatable bonds is 6. The highest BCUT2D eigenvalue weighted by molar-refractivity contribution is 5.80. The van der Waals surface area contributed by atoms with Crippen molar-refractivity contribution >= 4 is 6.08 Å². The Labute approximate surface area is 182 Å². The van der Waals surface area contributed by atoms with Crippen molar-refractivity contribution in [1.29, 1.82) is 0 Å². The standard InChI is InChI=1S/C26H27N5/c1-2-3-8-21-17-18-22-9-4-7-12-25(31(21)22)20-15-13-19(14-16-20)23-10-5-6-11-24(23)26-27-29-30-28-26/h4-6,9-11,13-18,25H,2-3,7-8,12H2,1H3,(H,27,28,29,30). The molecule has 31 heavy (non-hydrogen) atoms. The zero-order valence-corrected chi connectivity index (χ0v) is 17.8. The second-order valence-corrected chi connectivity index (χ2v) is 8.12. The Morgan fingerprint density at radius 1 is 1.00 bits per heavy atom. The molecule has 0 amide bonds. The molecule has 4 aromatic rings. The predicted molar refractivity (Wildman–Crippen MR) is 125 cm³/mol. The molecule has 0 saturated carbocycles. The molecule has 0 spiro atoms. The molecule has 2 aromatic carbocycles. The molecule has 0 radical (unpaired) electrons. The highest BCUT2D eigenvalue weighted by Gasteiger charge is 2.20. The molecule has 5 nitrogen and oxygen atoms in total. The maximum absolute atomic E-state index is 4.17. The number of fused-ring (bicyclic) bond motifs is 1. The molecule has 1 aliphatic heterocycles. The number of aromatic nitrogens is 5. The first-order valence-corrected chi connectivity index (χ1v) is 11.1. The van der Waals surface area contributed by atoms with Gasteiger partial charge in [0, 0.05) is 17.0 Å². The van der Waals surface area contributed by atoms with E-state index < -0.39 is 0 Å². The summed E-state index contributed by atoms with van der Waals surface area (Å²) in [7, 11) is 0. The molecule has 3 heterocycles. The van der Waals surface area contributed by atoms with Gasteiger partial charge >= 0.3 is 0 Å². The van der Waals surface area contributed by atoms with Crippen LogP contribution in [0.1, 0.15) is 55.6 Å². The van der Waals surface area contributed by atoms with Gasteiger partial charge in [0.15, 0.2) is 0 Å². The largest absolute Gasteiger partial charge is 0.338 e. The first kappa shape index (κ1) is 19.5. The summed E-state index contributed by atoms with van der Waals surface area (Å²) in [6.45, 7) is 2.26. The molecule has 1 aliphatic rings. The zero-order chi connectivity index (χ0) is 21.0. The molecular weight excluding hydrogens is 382 g/mol. The smallest absolute Gasteiger partial charge is 0.205 e.